The molecule has 3 N–H and O–H groups in total. The molecule has 2 aromatic carbocycles. The Labute approximate surface area is 226 Å². The lowest BCUT2D eigenvalue weighted by Crippen LogP contribution is -2.35. The number of hydrogen-bond donors (Lipinski definition) is 3. The van der Waals surface area contributed by atoms with Crippen LogP contribution in [0.2, 0.25) is 5.02 Å². The van der Waals surface area contributed by atoms with Gasteiger partial charge in [0, 0.05) is 31.0 Å². The molecular formula is C26H29ClN4O5S. The molecule has 9 nitrogen and oxygen atoms in total. The average Bonchev–Trinajstić information content (AvgIpc) is 2.88. The lowest BCUT2D eigenvalue weighted by atomic mass is 10.1. The Balaban J connectivity index is 1.67. The molecule has 0 radical (unpaired) electrons. The number of amides is 2. The van der Waals surface area contributed by atoms with E-state index in [1.807, 2.05) is 31.1 Å². The second kappa shape index (κ2) is 12.5. The zero-order chi connectivity index (χ0) is 27.1. The van der Waals surface area contributed by atoms with Gasteiger partial charge in [0.05, 0.1) is 38.0 Å². The second-order valence-electron chi connectivity index (χ2n) is 8.22. The molecule has 1 atom stereocenters. The number of carbonyl (C=O) groups is 2. The van der Waals surface area contributed by atoms with Crippen LogP contribution in [0.3, 0.4) is 0 Å². The van der Waals surface area contributed by atoms with E-state index < -0.39 is 5.91 Å². The highest BCUT2D eigenvalue weighted by molar-refractivity contribution is 7.80. The molecule has 0 bridgehead atoms. The Bertz CT molecular complexity index is 1240. The summed E-state index contributed by atoms with van der Waals surface area (Å²) < 4.78 is 15.9. The van der Waals surface area contributed by atoms with Crippen LogP contribution in [0.4, 0.5) is 5.69 Å². The highest BCUT2D eigenvalue weighted by Crippen LogP contribution is 2.38. The Morgan fingerprint density at radius 2 is 1.70 bits per heavy atom. The topological polar surface area (TPSA) is 101 Å². The van der Waals surface area contributed by atoms with Crippen LogP contribution in [0, 0.1) is 0 Å². The van der Waals surface area contributed by atoms with Gasteiger partial charge in [0.15, 0.2) is 16.6 Å². The van der Waals surface area contributed by atoms with Crippen molar-refractivity contribution >= 4 is 46.4 Å². The van der Waals surface area contributed by atoms with Crippen molar-refractivity contribution in [2.45, 2.75) is 12.5 Å². The van der Waals surface area contributed by atoms with Crippen molar-refractivity contribution in [3.05, 3.63) is 70.4 Å². The number of benzene rings is 2. The minimum atomic E-state index is -0.488. The van der Waals surface area contributed by atoms with Gasteiger partial charge in [0.2, 0.25) is 5.75 Å². The number of nitrogens with zero attached hydrogens (tertiary/aromatic N) is 1. The number of rotatable bonds is 8. The first-order valence-corrected chi connectivity index (χ1v) is 12.0. The Morgan fingerprint density at radius 3 is 2.24 bits per heavy atom. The van der Waals surface area contributed by atoms with E-state index in [9.17, 15) is 9.59 Å². The minimum absolute atomic E-state index is 0.0315. The maximum Gasteiger partial charge on any atom is 0.257 e. The van der Waals surface area contributed by atoms with E-state index in [4.69, 9.17) is 38.0 Å². The summed E-state index contributed by atoms with van der Waals surface area (Å²) >= 11 is 11.6. The number of allylic oxidation sites excluding steroid dienone is 1. The van der Waals surface area contributed by atoms with Crippen molar-refractivity contribution < 1.29 is 23.8 Å². The summed E-state index contributed by atoms with van der Waals surface area (Å²) in [5.74, 6) is 0.225. The molecule has 0 saturated heterocycles. The van der Waals surface area contributed by atoms with Gasteiger partial charge in [0.1, 0.15) is 0 Å². The molecule has 0 saturated carbocycles. The average molecular weight is 545 g/mol. The van der Waals surface area contributed by atoms with E-state index in [0.29, 0.717) is 34.4 Å². The summed E-state index contributed by atoms with van der Waals surface area (Å²) in [6, 6.07) is 7.69. The lowest BCUT2D eigenvalue weighted by Gasteiger charge is -2.22. The van der Waals surface area contributed by atoms with Gasteiger partial charge in [-0.2, -0.15) is 0 Å². The standard InChI is InChI=1S/C26H29ClN4O5S/c1-31(2)18-9-6-16(7-10-18)28-25(33)19-14-17(8-11-20(19)27)29-26(37)30-24(32)15-12-21(34-3)23(36-5)22(13-15)35-4/h6,8-14,16H,7H2,1-5H3,(H,28,33)(H2,29,30,32,37). The first-order valence-electron chi connectivity index (χ1n) is 11.2. The predicted octanol–water partition coefficient (Wildman–Crippen LogP) is 4.00. The molecule has 2 aromatic rings. The molecule has 1 aliphatic rings. The number of carbonyl (C=O) groups excluding carboxylic acids is 2. The SMILES string of the molecule is COc1cc(C(=O)NC(=S)Nc2ccc(Cl)c(C(=O)NC3C=CC(N(C)C)=CC3)c2)cc(OC)c1OC. The molecule has 0 heterocycles. The first kappa shape index (κ1) is 27.8. The quantitative estimate of drug-likeness (QED) is 0.429. The van der Waals surface area contributed by atoms with Gasteiger partial charge < -0.3 is 29.7 Å². The Kier molecular flexibility index (Phi) is 9.37. The maximum absolute atomic E-state index is 12.9. The third-order valence-electron chi connectivity index (χ3n) is 5.54. The summed E-state index contributed by atoms with van der Waals surface area (Å²) in [4.78, 5) is 27.7. The van der Waals surface area contributed by atoms with E-state index in [-0.39, 0.29) is 28.2 Å². The van der Waals surface area contributed by atoms with E-state index >= 15 is 0 Å². The van der Waals surface area contributed by atoms with Crippen LogP contribution in [-0.2, 0) is 0 Å². The molecule has 0 fully saturated rings. The summed E-state index contributed by atoms with van der Waals surface area (Å²) in [6.45, 7) is 0. The van der Waals surface area contributed by atoms with Crippen molar-refractivity contribution in [1.82, 2.24) is 15.5 Å². The molecule has 0 aliphatic heterocycles. The minimum Gasteiger partial charge on any atom is -0.493 e. The lowest BCUT2D eigenvalue weighted by molar-refractivity contribution is 0.0942. The molecule has 3 rings (SSSR count). The van der Waals surface area contributed by atoms with Crippen LogP contribution in [0.25, 0.3) is 0 Å². The van der Waals surface area contributed by atoms with Crippen LogP contribution in [0.5, 0.6) is 17.2 Å². The Hall–Kier alpha value is -3.76. The van der Waals surface area contributed by atoms with Gasteiger partial charge in [-0.15, -0.1) is 0 Å². The number of thiocarbonyl (C=S) groups is 1. The fourth-order valence-corrected chi connectivity index (χ4v) is 4.03. The van der Waals surface area contributed by atoms with E-state index in [1.165, 1.54) is 33.5 Å². The molecule has 2 amide bonds. The molecule has 37 heavy (non-hydrogen) atoms. The van der Waals surface area contributed by atoms with Crippen LogP contribution in [0.1, 0.15) is 27.1 Å². The highest BCUT2D eigenvalue weighted by Gasteiger charge is 2.19. The van der Waals surface area contributed by atoms with Crippen LogP contribution in [-0.4, -0.2) is 63.3 Å². The molecule has 0 spiro atoms. The number of methoxy groups -OCH3 is 3. The fourth-order valence-electron chi connectivity index (χ4n) is 3.62. The number of ether oxygens (including phenoxy) is 3. The molecule has 0 aromatic heterocycles. The normalized spacial score (nSPS) is 14.2. The highest BCUT2D eigenvalue weighted by atomic mass is 35.5. The number of nitrogens with one attached hydrogen (secondary N) is 3. The van der Waals surface area contributed by atoms with Crippen molar-refractivity contribution in [3.63, 3.8) is 0 Å². The predicted molar refractivity (Wildman–Crippen MR) is 148 cm³/mol. The summed E-state index contributed by atoms with van der Waals surface area (Å²) in [7, 11) is 8.32. The van der Waals surface area contributed by atoms with Crippen molar-refractivity contribution in [2.75, 3.05) is 40.7 Å². The van der Waals surface area contributed by atoms with Crippen LogP contribution >= 0.6 is 23.8 Å². The smallest absolute Gasteiger partial charge is 0.257 e. The van der Waals surface area contributed by atoms with Crippen molar-refractivity contribution in [3.8, 4) is 17.2 Å². The van der Waals surface area contributed by atoms with Gasteiger partial charge in [-0.05, 0) is 55.0 Å². The monoisotopic (exact) mass is 544 g/mol. The fraction of sp³-hybridized carbons (Fsp3) is 0.269. The van der Waals surface area contributed by atoms with Gasteiger partial charge in [-0.1, -0.05) is 23.8 Å². The Morgan fingerprint density at radius 1 is 1.03 bits per heavy atom. The van der Waals surface area contributed by atoms with Gasteiger partial charge in [-0.3, -0.25) is 14.9 Å². The number of hydrogen-bond acceptors (Lipinski definition) is 7. The maximum atomic E-state index is 12.9. The van der Waals surface area contributed by atoms with E-state index in [1.54, 1.807) is 18.2 Å². The van der Waals surface area contributed by atoms with Gasteiger partial charge in [-0.25, -0.2) is 0 Å². The molecule has 196 valence electrons. The van der Waals surface area contributed by atoms with Crippen LogP contribution in [0.15, 0.2) is 54.3 Å². The molecule has 1 aliphatic carbocycles. The second-order valence-corrected chi connectivity index (χ2v) is 9.03. The third-order valence-corrected chi connectivity index (χ3v) is 6.07. The van der Waals surface area contributed by atoms with Gasteiger partial charge >= 0.3 is 0 Å². The zero-order valence-corrected chi connectivity index (χ0v) is 22.8. The summed E-state index contributed by atoms with van der Waals surface area (Å²) in [5.41, 5.74) is 2.10. The van der Waals surface area contributed by atoms with E-state index in [2.05, 4.69) is 22.0 Å². The van der Waals surface area contributed by atoms with Gasteiger partial charge in [0.25, 0.3) is 11.8 Å². The zero-order valence-electron chi connectivity index (χ0n) is 21.2. The number of halogens is 1. The summed E-state index contributed by atoms with van der Waals surface area (Å²) in [6.07, 6.45) is 6.63. The number of likely N-dealkylation sites (N-methyl/N-ethyl adjacent to an activating group) is 1. The van der Waals surface area contributed by atoms with Crippen LogP contribution < -0.4 is 30.2 Å². The largest absolute Gasteiger partial charge is 0.493 e. The first-order chi connectivity index (χ1) is 17.7. The summed E-state index contributed by atoms with van der Waals surface area (Å²) in [5, 5.41) is 8.80. The van der Waals surface area contributed by atoms with Crippen molar-refractivity contribution in [1.29, 1.82) is 0 Å². The number of anilines is 1. The van der Waals surface area contributed by atoms with Crippen molar-refractivity contribution in [2.24, 2.45) is 0 Å². The molecule has 1 unspecified atom stereocenters. The molecule has 11 heteroatoms. The van der Waals surface area contributed by atoms with E-state index in [0.717, 1.165) is 5.70 Å². The molecular weight excluding hydrogens is 516 g/mol. The third kappa shape index (κ3) is 6.93.